The molecule has 1 atom stereocenters. The minimum absolute atomic E-state index is 0.178. The standard InChI is InChI=1S/C19H28N2O3/c22-17(15-24-18-6-2-1-3-7-18)14-20-12-8-16(9-13-20)19(23)21-10-4-5-11-21/h1-3,6-7,16-17,22H,4-5,8-15H2. The van der Waals surface area contributed by atoms with Gasteiger partial charge in [-0.2, -0.15) is 0 Å². The van der Waals surface area contributed by atoms with Gasteiger partial charge in [0.25, 0.3) is 0 Å². The Morgan fingerprint density at radius 1 is 1.12 bits per heavy atom. The van der Waals surface area contributed by atoms with Crippen molar-refractivity contribution < 1.29 is 14.6 Å². The SMILES string of the molecule is O=C(C1CCN(CC(O)COc2ccccc2)CC1)N1CCCC1. The van der Waals surface area contributed by atoms with E-state index in [4.69, 9.17) is 4.74 Å². The lowest BCUT2D eigenvalue weighted by atomic mass is 9.95. The summed E-state index contributed by atoms with van der Waals surface area (Å²) in [4.78, 5) is 16.7. The Bertz CT molecular complexity index is 509. The van der Waals surface area contributed by atoms with Gasteiger partial charge in [-0.3, -0.25) is 4.79 Å². The lowest BCUT2D eigenvalue weighted by molar-refractivity contribution is -0.136. The van der Waals surface area contributed by atoms with Crippen molar-refractivity contribution in [2.24, 2.45) is 5.92 Å². The van der Waals surface area contributed by atoms with Gasteiger partial charge in [0.2, 0.25) is 5.91 Å². The molecule has 0 radical (unpaired) electrons. The van der Waals surface area contributed by atoms with Crippen LogP contribution in [0.25, 0.3) is 0 Å². The first-order valence-electron chi connectivity index (χ1n) is 9.09. The van der Waals surface area contributed by atoms with E-state index in [0.29, 0.717) is 19.1 Å². The maximum Gasteiger partial charge on any atom is 0.225 e. The molecule has 24 heavy (non-hydrogen) atoms. The third-order valence-corrected chi connectivity index (χ3v) is 5.01. The first-order chi connectivity index (χ1) is 11.7. The normalized spacial score (nSPS) is 21.0. The molecule has 132 valence electrons. The lowest BCUT2D eigenvalue weighted by Crippen LogP contribution is -2.44. The summed E-state index contributed by atoms with van der Waals surface area (Å²) in [5.41, 5.74) is 0. The monoisotopic (exact) mass is 332 g/mol. The number of carbonyl (C=O) groups is 1. The summed E-state index contributed by atoms with van der Waals surface area (Å²) in [6.45, 7) is 4.55. The number of ether oxygens (including phenoxy) is 1. The number of hydrogen-bond acceptors (Lipinski definition) is 4. The minimum atomic E-state index is -0.504. The van der Waals surface area contributed by atoms with Crippen molar-refractivity contribution in [3.8, 4) is 5.75 Å². The Balaban J connectivity index is 1.36. The molecule has 3 rings (SSSR count). The van der Waals surface area contributed by atoms with E-state index in [-0.39, 0.29) is 5.92 Å². The fraction of sp³-hybridized carbons (Fsp3) is 0.632. The minimum Gasteiger partial charge on any atom is -0.491 e. The molecule has 2 aliphatic rings. The van der Waals surface area contributed by atoms with E-state index in [1.807, 2.05) is 35.2 Å². The largest absolute Gasteiger partial charge is 0.491 e. The van der Waals surface area contributed by atoms with Crippen molar-refractivity contribution in [1.82, 2.24) is 9.80 Å². The van der Waals surface area contributed by atoms with Crippen molar-refractivity contribution >= 4 is 5.91 Å². The number of β-amino-alcohol motifs (C(OH)–C–C–N with tert-alkyl or cyclic N) is 1. The van der Waals surface area contributed by atoms with Crippen LogP contribution in [0.5, 0.6) is 5.75 Å². The fourth-order valence-corrected chi connectivity index (χ4v) is 3.62. The van der Waals surface area contributed by atoms with Crippen LogP contribution in [0, 0.1) is 5.92 Å². The second kappa shape index (κ2) is 8.49. The quantitative estimate of drug-likeness (QED) is 0.862. The van der Waals surface area contributed by atoms with Crippen LogP contribution in [0.3, 0.4) is 0 Å². The number of carbonyl (C=O) groups excluding carboxylic acids is 1. The van der Waals surface area contributed by atoms with Gasteiger partial charge >= 0.3 is 0 Å². The van der Waals surface area contributed by atoms with Gasteiger partial charge in [0, 0.05) is 25.6 Å². The summed E-state index contributed by atoms with van der Waals surface area (Å²) in [7, 11) is 0. The van der Waals surface area contributed by atoms with Gasteiger partial charge in [-0.15, -0.1) is 0 Å². The van der Waals surface area contributed by atoms with Crippen LogP contribution in [0.1, 0.15) is 25.7 Å². The van der Waals surface area contributed by atoms with Gasteiger partial charge in [-0.05, 0) is 50.9 Å². The van der Waals surface area contributed by atoms with E-state index in [9.17, 15) is 9.90 Å². The Kier molecular flexibility index (Phi) is 6.10. The molecule has 0 saturated carbocycles. The molecule has 0 bridgehead atoms. The Labute approximate surface area is 144 Å². The number of amides is 1. The highest BCUT2D eigenvalue weighted by atomic mass is 16.5. The molecule has 5 heteroatoms. The molecule has 2 fully saturated rings. The highest BCUT2D eigenvalue weighted by molar-refractivity contribution is 5.79. The molecule has 2 saturated heterocycles. The molecule has 2 aliphatic heterocycles. The van der Waals surface area contributed by atoms with Gasteiger partial charge in [-0.25, -0.2) is 0 Å². The number of para-hydroxylation sites is 1. The number of piperidine rings is 1. The zero-order valence-electron chi connectivity index (χ0n) is 14.3. The number of benzene rings is 1. The highest BCUT2D eigenvalue weighted by Gasteiger charge is 2.30. The highest BCUT2D eigenvalue weighted by Crippen LogP contribution is 2.22. The summed E-state index contributed by atoms with van der Waals surface area (Å²) in [6, 6.07) is 9.56. The molecule has 5 nitrogen and oxygen atoms in total. The number of aliphatic hydroxyl groups excluding tert-OH is 1. The van der Waals surface area contributed by atoms with Crippen LogP contribution in [0.15, 0.2) is 30.3 Å². The van der Waals surface area contributed by atoms with Crippen molar-refractivity contribution in [3.63, 3.8) is 0 Å². The van der Waals surface area contributed by atoms with Crippen molar-refractivity contribution in [3.05, 3.63) is 30.3 Å². The average Bonchev–Trinajstić information content (AvgIpc) is 3.16. The number of likely N-dealkylation sites (tertiary alicyclic amines) is 2. The van der Waals surface area contributed by atoms with Gasteiger partial charge in [0.1, 0.15) is 18.5 Å². The molecular formula is C19H28N2O3. The predicted molar refractivity (Wildman–Crippen MR) is 92.9 cm³/mol. The van der Waals surface area contributed by atoms with Crippen LogP contribution in [0.4, 0.5) is 0 Å². The Morgan fingerprint density at radius 2 is 1.79 bits per heavy atom. The van der Waals surface area contributed by atoms with Crippen LogP contribution >= 0.6 is 0 Å². The Morgan fingerprint density at radius 3 is 2.46 bits per heavy atom. The second-order valence-corrected chi connectivity index (χ2v) is 6.89. The molecular weight excluding hydrogens is 304 g/mol. The van der Waals surface area contributed by atoms with Gasteiger partial charge in [0.15, 0.2) is 0 Å². The summed E-state index contributed by atoms with van der Waals surface area (Å²) < 4.78 is 5.60. The van der Waals surface area contributed by atoms with Gasteiger partial charge < -0.3 is 19.6 Å². The molecule has 0 aliphatic carbocycles. The third-order valence-electron chi connectivity index (χ3n) is 5.01. The summed E-state index contributed by atoms with van der Waals surface area (Å²) in [6.07, 6.45) is 3.61. The van der Waals surface area contributed by atoms with Crippen LogP contribution in [0.2, 0.25) is 0 Å². The smallest absolute Gasteiger partial charge is 0.225 e. The topological polar surface area (TPSA) is 53.0 Å². The van der Waals surface area contributed by atoms with Gasteiger partial charge in [0.05, 0.1) is 0 Å². The van der Waals surface area contributed by atoms with E-state index >= 15 is 0 Å². The molecule has 1 N–H and O–H groups in total. The van der Waals surface area contributed by atoms with Gasteiger partial charge in [-0.1, -0.05) is 18.2 Å². The number of hydrogen-bond donors (Lipinski definition) is 1. The predicted octanol–water partition coefficient (Wildman–Crippen LogP) is 1.76. The van der Waals surface area contributed by atoms with Crippen LogP contribution in [-0.2, 0) is 4.79 Å². The van der Waals surface area contributed by atoms with E-state index in [1.54, 1.807) is 0 Å². The van der Waals surface area contributed by atoms with Crippen LogP contribution < -0.4 is 4.74 Å². The zero-order chi connectivity index (χ0) is 16.8. The molecule has 0 aromatic heterocycles. The number of nitrogens with zero attached hydrogens (tertiary/aromatic N) is 2. The summed E-state index contributed by atoms with van der Waals surface area (Å²) >= 11 is 0. The number of rotatable bonds is 6. The molecule has 0 spiro atoms. The maximum absolute atomic E-state index is 12.4. The van der Waals surface area contributed by atoms with E-state index in [1.165, 1.54) is 0 Å². The molecule has 1 aromatic rings. The zero-order valence-corrected chi connectivity index (χ0v) is 14.3. The maximum atomic E-state index is 12.4. The Hall–Kier alpha value is -1.59. The molecule has 1 amide bonds. The molecule has 2 heterocycles. The molecule has 1 unspecified atom stereocenters. The van der Waals surface area contributed by atoms with Crippen molar-refractivity contribution in [1.29, 1.82) is 0 Å². The van der Waals surface area contributed by atoms with E-state index in [0.717, 1.165) is 57.6 Å². The fourth-order valence-electron chi connectivity index (χ4n) is 3.62. The van der Waals surface area contributed by atoms with E-state index in [2.05, 4.69) is 4.90 Å². The lowest BCUT2D eigenvalue weighted by Gasteiger charge is -2.34. The van der Waals surface area contributed by atoms with Crippen molar-refractivity contribution in [2.45, 2.75) is 31.8 Å². The second-order valence-electron chi connectivity index (χ2n) is 6.89. The average molecular weight is 332 g/mol. The van der Waals surface area contributed by atoms with Crippen LogP contribution in [-0.4, -0.2) is 66.2 Å². The summed E-state index contributed by atoms with van der Waals surface area (Å²) in [5.74, 6) is 1.31. The third kappa shape index (κ3) is 4.71. The first-order valence-corrected chi connectivity index (χ1v) is 9.09. The first kappa shape index (κ1) is 17.2. The van der Waals surface area contributed by atoms with Crippen molar-refractivity contribution in [2.75, 3.05) is 39.3 Å². The molecule has 1 aromatic carbocycles. The summed E-state index contributed by atoms with van der Waals surface area (Å²) in [5, 5.41) is 10.2. The number of aliphatic hydroxyl groups is 1. The van der Waals surface area contributed by atoms with E-state index < -0.39 is 6.10 Å².